The molecule has 5 nitrogen and oxygen atoms in total. The number of nitrogens with one attached hydrogen (secondary N) is 1. The molecule has 0 fully saturated rings. The number of ether oxygens (including phenoxy) is 1. The molecule has 0 atom stereocenters. The highest BCUT2D eigenvalue weighted by Crippen LogP contribution is 2.21. The lowest BCUT2D eigenvalue weighted by molar-refractivity contribution is 0.414. The maximum Gasteiger partial charge on any atom is 0.295 e. The summed E-state index contributed by atoms with van der Waals surface area (Å²) in [5, 5.41) is 3.15. The summed E-state index contributed by atoms with van der Waals surface area (Å²) < 4.78 is 10.7. The largest absolute Gasteiger partial charge is 0.497 e. The van der Waals surface area contributed by atoms with Crippen molar-refractivity contribution in [2.45, 2.75) is 6.54 Å². The van der Waals surface area contributed by atoms with E-state index in [1.54, 1.807) is 19.2 Å². The van der Waals surface area contributed by atoms with Gasteiger partial charge in [0, 0.05) is 18.3 Å². The first-order chi connectivity index (χ1) is 9.74. The first-order valence-electron chi connectivity index (χ1n) is 6.27. The highest BCUT2D eigenvalue weighted by Gasteiger charge is 2.05. The van der Waals surface area contributed by atoms with Crippen molar-refractivity contribution in [3.05, 3.63) is 48.0 Å². The quantitative estimate of drug-likeness (QED) is 0.712. The number of oxazole rings is 1. The predicted octanol–water partition coefficient (Wildman–Crippen LogP) is 3.03. The third-order valence-electron chi connectivity index (χ3n) is 3.02. The summed E-state index contributed by atoms with van der Waals surface area (Å²) in [7, 11) is 1.65. The van der Waals surface area contributed by atoms with E-state index in [-0.39, 0.29) is 0 Å². The molecule has 0 saturated heterocycles. The average Bonchev–Trinajstić information content (AvgIpc) is 2.87. The van der Waals surface area contributed by atoms with Gasteiger partial charge in [-0.1, -0.05) is 12.1 Å². The topological polar surface area (TPSA) is 73.3 Å². The number of rotatable bonds is 4. The lowest BCUT2D eigenvalue weighted by Gasteiger charge is -2.03. The molecular formula is C15H15N3O2. The minimum Gasteiger partial charge on any atom is -0.497 e. The maximum absolute atomic E-state index is 5.71. The Balaban J connectivity index is 1.72. The predicted molar refractivity (Wildman–Crippen MR) is 78.7 cm³/mol. The Kier molecular flexibility index (Phi) is 3.16. The van der Waals surface area contributed by atoms with Crippen molar-refractivity contribution in [1.29, 1.82) is 0 Å². The zero-order chi connectivity index (χ0) is 13.9. The molecule has 20 heavy (non-hydrogen) atoms. The van der Waals surface area contributed by atoms with E-state index in [1.165, 1.54) is 0 Å². The van der Waals surface area contributed by atoms with Gasteiger partial charge in [0.2, 0.25) is 0 Å². The van der Waals surface area contributed by atoms with Crippen LogP contribution in [0.5, 0.6) is 5.75 Å². The summed E-state index contributed by atoms with van der Waals surface area (Å²) in [6, 6.07) is 13.7. The molecule has 3 N–H and O–H groups in total. The van der Waals surface area contributed by atoms with Crippen LogP contribution in [-0.4, -0.2) is 12.1 Å². The Bertz CT molecular complexity index is 720. The molecule has 3 aromatic rings. The Morgan fingerprint density at radius 3 is 2.75 bits per heavy atom. The molecular weight excluding hydrogens is 254 g/mol. The van der Waals surface area contributed by atoms with Crippen molar-refractivity contribution in [1.82, 2.24) is 4.98 Å². The average molecular weight is 269 g/mol. The third-order valence-corrected chi connectivity index (χ3v) is 3.02. The van der Waals surface area contributed by atoms with Crippen LogP contribution in [0, 0.1) is 0 Å². The molecule has 0 saturated carbocycles. The van der Waals surface area contributed by atoms with Crippen molar-refractivity contribution in [2.24, 2.45) is 0 Å². The van der Waals surface area contributed by atoms with Crippen LogP contribution in [0.3, 0.4) is 0 Å². The Morgan fingerprint density at radius 1 is 1.20 bits per heavy atom. The lowest BCUT2D eigenvalue weighted by atomic mass is 10.2. The highest BCUT2D eigenvalue weighted by atomic mass is 16.5. The molecule has 102 valence electrons. The van der Waals surface area contributed by atoms with Crippen LogP contribution < -0.4 is 15.8 Å². The van der Waals surface area contributed by atoms with Crippen molar-refractivity contribution >= 4 is 22.8 Å². The molecule has 0 aliphatic carbocycles. The Hall–Kier alpha value is -2.69. The van der Waals surface area contributed by atoms with Gasteiger partial charge in [0.25, 0.3) is 6.01 Å². The van der Waals surface area contributed by atoms with Gasteiger partial charge in [-0.2, -0.15) is 4.98 Å². The van der Waals surface area contributed by atoms with Crippen LogP contribution in [0.1, 0.15) is 5.56 Å². The summed E-state index contributed by atoms with van der Waals surface area (Å²) in [6.07, 6.45) is 0. The van der Waals surface area contributed by atoms with Gasteiger partial charge >= 0.3 is 0 Å². The number of nitrogen functional groups attached to an aromatic ring is 1. The van der Waals surface area contributed by atoms with Gasteiger partial charge in [-0.15, -0.1) is 0 Å². The normalized spacial score (nSPS) is 10.7. The fraction of sp³-hybridized carbons (Fsp3) is 0.133. The van der Waals surface area contributed by atoms with Gasteiger partial charge in [-0.25, -0.2) is 0 Å². The van der Waals surface area contributed by atoms with E-state index in [2.05, 4.69) is 10.3 Å². The number of fused-ring (bicyclic) bond motifs is 1. The first-order valence-corrected chi connectivity index (χ1v) is 6.27. The number of benzene rings is 2. The fourth-order valence-corrected chi connectivity index (χ4v) is 1.94. The van der Waals surface area contributed by atoms with E-state index in [1.807, 2.05) is 30.3 Å². The molecule has 0 unspecified atom stereocenters. The molecule has 0 radical (unpaired) electrons. The standard InChI is InChI=1S/C15H15N3O2/c1-19-12-5-2-10(3-6-12)9-17-15-18-13-7-4-11(16)8-14(13)20-15/h2-8H,9,16H2,1H3,(H,17,18). The monoisotopic (exact) mass is 269 g/mol. The minimum absolute atomic E-state index is 0.487. The molecule has 0 bridgehead atoms. The number of aromatic nitrogens is 1. The smallest absolute Gasteiger partial charge is 0.295 e. The van der Waals surface area contributed by atoms with Crippen LogP contribution in [-0.2, 0) is 6.54 Å². The molecule has 3 rings (SSSR count). The first kappa shape index (κ1) is 12.3. The van der Waals surface area contributed by atoms with Crippen LogP contribution >= 0.6 is 0 Å². The van der Waals surface area contributed by atoms with Crippen molar-refractivity contribution in [2.75, 3.05) is 18.2 Å². The molecule has 0 aliphatic rings. The number of hydrogen-bond donors (Lipinski definition) is 2. The second-order valence-electron chi connectivity index (χ2n) is 4.45. The molecule has 0 spiro atoms. The van der Waals surface area contributed by atoms with Crippen molar-refractivity contribution in [3.8, 4) is 5.75 Å². The summed E-state index contributed by atoms with van der Waals surface area (Å²) in [6.45, 7) is 0.631. The fourth-order valence-electron chi connectivity index (χ4n) is 1.94. The SMILES string of the molecule is COc1ccc(CNc2nc3ccc(N)cc3o2)cc1. The maximum atomic E-state index is 5.71. The molecule has 1 heterocycles. The van der Waals surface area contributed by atoms with Crippen LogP contribution in [0.15, 0.2) is 46.9 Å². The van der Waals surface area contributed by atoms with E-state index >= 15 is 0 Å². The molecule has 5 heteroatoms. The highest BCUT2D eigenvalue weighted by molar-refractivity contribution is 5.78. The molecule has 1 aromatic heterocycles. The minimum atomic E-state index is 0.487. The van der Waals surface area contributed by atoms with Crippen LogP contribution in [0.25, 0.3) is 11.1 Å². The Morgan fingerprint density at radius 2 is 2.00 bits per heavy atom. The van der Waals surface area contributed by atoms with E-state index in [0.29, 0.717) is 23.8 Å². The molecule has 0 aliphatic heterocycles. The number of nitrogens with zero attached hydrogens (tertiary/aromatic N) is 1. The van der Waals surface area contributed by atoms with Gasteiger partial charge in [0.1, 0.15) is 11.3 Å². The zero-order valence-electron chi connectivity index (χ0n) is 11.1. The van der Waals surface area contributed by atoms with E-state index in [9.17, 15) is 0 Å². The summed E-state index contributed by atoms with van der Waals surface area (Å²) >= 11 is 0. The lowest BCUT2D eigenvalue weighted by Crippen LogP contribution is -1.99. The van der Waals surface area contributed by atoms with Gasteiger partial charge in [-0.05, 0) is 29.8 Å². The second kappa shape index (κ2) is 5.13. The van der Waals surface area contributed by atoms with E-state index in [0.717, 1.165) is 16.8 Å². The number of methoxy groups -OCH3 is 1. The van der Waals surface area contributed by atoms with Gasteiger partial charge in [-0.3, -0.25) is 0 Å². The van der Waals surface area contributed by atoms with Gasteiger partial charge < -0.3 is 20.2 Å². The van der Waals surface area contributed by atoms with Crippen molar-refractivity contribution < 1.29 is 9.15 Å². The molecule has 0 amide bonds. The second-order valence-corrected chi connectivity index (χ2v) is 4.45. The van der Waals surface area contributed by atoms with Crippen LogP contribution in [0.2, 0.25) is 0 Å². The van der Waals surface area contributed by atoms with E-state index in [4.69, 9.17) is 14.9 Å². The van der Waals surface area contributed by atoms with Crippen LogP contribution in [0.4, 0.5) is 11.7 Å². The van der Waals surface area contributed by atoms with Gasteiger partial charge in [0.05, 0.1) is 7.11 Å². The summed E-state index contributed by atoms with van der Waals surface area (Å²) in [5.74, 6) is 0.839. The van der Waals surface area contributed by atoms with E-state index < -0.39 is 0 Å². The van der Waals surface area contributed by atoms with Gasteiger partial charge in [0.15, 0.2) is 5.58 Å². The number of hydrogen-bond acceptors (Lipinski definition) is 5. The number of nitrogens with two attached hydrogens (primary N) is 1. The Labute approximate surface area is 116 Å². The summed E-state index contributed by atoms with van der Waals surface area (Å²) in [5.41, 5.74) is 8.96. The number of anilines is 2. The zero-order valence-corrected chi connectivity index (χ0v) is 11.1. The summed E-state index contributed by atoms with van der Waals surface area (Å²) in [4.78, 5) is 4.34. The van der Waals surface area contributed by atoms with Crippen molar-refractivity contribution in [3.63, 3.8) is 0 Å². The third kappa shape index (κ3) is 2.51. The molecule has 2 aromatic carbocycles.